The van der Waals surface area contributed by atoms with Gasteiger partial charge in [-0.25, -0.2) is 9.97 Å². The Bertz CT molecular complexity index is 1360. The number of ether oxygens (including phenoxy) is 1. The molecule has 0 atom stereocenters. The van der Waals surface area contributed by atoms with Crippen LogP contribution < -0.4 is 20.7 Å². The zero-order chi connectivity index (χ0) is 28.5. The maximum absolute atomic E-state index is 8.19. The third-order valence-electron chi connectivity index (χ3n) is 7.34. The summed E-state index contributed by atoms with van der Waals surface area (Å²) in [5, 5.41) is 11.6. The summed E-state index contributed by atoms with van der Waals surface area (Å²) in [4.78, 5) is 13.1. The predicted molar refractivity (Wildman–Crippen MR) is 167 cm³/mol. The first-order valence-corrected chi connectivity index (χ1v) is 13.9. The summed E-state index contributed by atoms with van der Waals surface area (Å²) in [7, 11) is 2.04. The van der Waals surface area contributed by atoms with Crippen LogP contribution in [0.5, 0.6) is 5.75 Å². The van der Waals surface area contributed by atoms with E-state index in [1.807, 2.05) is 31.3 Å². The number of nitrogens with zero attached hydrogens (tertiary/aromatic N) is 4. The molecule has 3 aromatic rings. The SMILES string of the molecule is C=Cc1c(C)cccc1/C=C(/CNc1ncnc(N)c1C(C)=N)N(C)c1ccccc1OCCN1CCCCC1. The molecule has 0 spiro atoms. The van der Waals surface area contributed by atoms with Crippen LogP contribution in [0.4, 0.5) is 17.3 Å². The molecule has 1 saturated heterocycles. The van der Waals surface area contributed by atoms with Crippen molar-refractivity contribution in [2.24, 2.45) is 0 Å². The van der Waals surface area contributed by atoms with Crippen molar-refractivity contribution in [1.82, 2.24) is 14.9 Å². The first kappa shape index (κ1) is 28.8. The summed E-state index contributed by atoms with van der Waals surface area (Å²) in [6.07, 6.45) is 9.32. The van der Waals surface area contributed by atoms with Crippen LogP contribution in [0.2, 0.25) is 0 Å². The molecule has 0 amide bonds. The summed E-state index contributed by atoms with van der Waals surface area (Å²) in [6.45, 7) is 12.1. The summed E-state index contributed by atoms with van der Waals surface area (Å²) in [5.41, 5.74) is 12.2. The van der Waals surface area contributed by atoms with E-state index in [4.69, 9.17) is 15.9 Å². The van der Waals surface area contributed by atoms with E-state index in [0.29, 0.717) is 30.2 Å². The molecule has 1 fully saturated rings. The third-order valence-corrected chi connectivity index (χ3v) is 7.34. The quantitative estimate of drug-likeness (QED) is 0.248. The normalized spacial score (nSPS) is 14.0. The molecule has 0 radical (unpaired) electrons. The van der Waals surface area contributed by atoms with Gasteiger partial charge in [0.2, 0.25) is 0 Å². The fraction of sp³-hybridized carbons (Fsp3) is 0.344. The molecule has 1 aliphatic heterocycles. The van der Waals surface area contributed by atoms with Gasteiger partial charge >= 0.3 is 0 Å². The highest BCUT2D eigenvalue weighted by Gasteiger charge is 2.17. The Labute approximate surface area is 238 Å². The van der Waals surface area contributed by atoms with E-state index < -0.39 is 0 Å². The van der Waals surface area contributed by atoms with Crippen LogP contribution in [0.15, 0.2) is 61.1 Å². The molecule has 2 aromatic carbocycles. The Morgan fingerprint density at radius 3 is 2.67 bits per heavy atom. The molecule has 4 rings (SSSR count). The zero-order valence-corrected chi connectivity index (χ0v) is 23.9. The summed E-state index contributed by atoms with van der Waals surface area (Å²) in [6, 6.07) is 14.4. The number of nitrogen functional groups attached to an aromatic ring is 1. The number of rotatable bonds is 12. The minimum Gasteiger partial charge on any atom is -0.490 e. The number of aryl methyl sites for hydroxylation is 1. The van der Waals surface area contributed by atoms with E-state index in [0.717, 1.165) is 53.5 Å². The Kier molecular flexibility index (Phi) is 9.91. The minimum absolute atomic E-state index is 0.281. The number of aromatic nitrogens is 2. The molecule has 0 bridgehead atoms. The fourth-order valence-corrected chi connectivity index (χ4v) is 5.11. The van der Waals surface area contributed by atoms with E-state index in [1.165, 1.54) is 25.6 Å². The smallest absolute Gasteiger partial charge is 0.142 e. The van der Waals surface area contributed by atoms with Crippen molar-refractivity contribution >= 4 is 35.2 Å². The maximum Gasteiger partial charge on any atom is 0.142 e. The lowest BCUT2D eigenvalue weighted by Gasteiger charge is -2.28. The second-order valence-corrected chi connectivity index (χ2v) is 10.2. The van der Waals surface area contributed by atoms with E-state index >= 15 is 0 Å². The molecule has 0 unspecified atom stereocenters. The van der Waals surface area contributed by atoms with Crippen molar-refractivity contribution < 1.29 is 4.74 Å². The lowest BCUT2D eigenvalue weighted by molar-refractivity contribution is 0.183. The van der Waals surface area contributed by atoms with Gasteiger partial charge in [-0.2, -0.15) is 0 Å². The van der Waals surface area contributed by atoms with E-state index in [1.54, 1.807) is 6.92 Å². The molecule has 1 aliphatic rings. The minimum atomic E-state index is 0.281. The van der Waals surface area contributed by atoms with Crippen LogP contribution in [0, 0.1) is 12.3 Å². The van der Waals surface area contributed by atoms with Gasteiger partial charge in [0.1, 0.15) is 30.3 Å². The van der Waals surface area contributed by atoms with Crippen molar-refractivity contribution in [3.8, 4) is 5.75 Å². The van der Waals surface area contributed by atoms with E-state index in [-0.39, 0.29) is 5.82 Å². The number of likely N-dealkylation sites (tertiary alicyclic amines) is 1. The molecular weight excluding hydrogens is 498 g/mol. The molecule has 8 heteroatoms. The van der Waals surface area contributed by atoms with Gasteiger partial charge in [0.25, 0.3) is 0 Å². The number of hydrogen-bond acceptors (Lipinski definition) is 8. The third kappa shape index (κ3) is 7.07. The molecular formula is C32H41N7O. The predicted octanol–water partition coefficient (Wildman–Crippen LogP) is 5.85. The van der Waals surface area contributed by atoms with Gasteiger partial charge in [-0.15, -0.1) is 0 Å². The largest absolute Gasteiger partial charge is 0.490 e. The number of nitrogens with two attached hydrogens (primary N) is 1. The topological polar surface area (TPSA) is 103 Å². The van der Waals surface area contributed by atoms with Gasteiger partial charge in [0.15, 0.2) is 0 Å². The Morgan fingerprint density at radius 2 is 1.93 bits per heavy atom. The second kappa shape index (κ2) is 13.8. The monoisotopic (exact) mass is 539 g/mol. The van der Waals surface area contributed by atoms with Crippen LogP contribution in [0.3, 0.4) is 0 Å². The Morgan fingerprint density at radius 1 is 1.15 bits per heavy atom. The van der Waals surface area contributed by atoms with Gasteiger partial charge in [-0.1, -0.05) is 49.4 Å². The van der Waals surface area contributed by atoms with Crippen molar-refractivity contribution in [3.63, 3.8) is 0 Å². The number of anilines is 3. The molecule has 2 heterocycles. The van der Waals surface area contributed by atoms with Crippen LogP contribution >= 0.6 is 0 Å². The number of nitrogens with one attached hydrogen (secondary N) is 2. The summed E-state index contributed by atoms with van der Waals surface area (Å²) >= 11 is 0. The fourth-order valence-electron chi connectivity index (χ4n) is 5.11. The van der Waals surface area contributed by atoms with Gasteiger partial charge in [-0.05, 0) is 74.7 Å². The van der Waals surface area contributed by atoms with Gasteiger partial charge < -0.3 is 26.1 Å². The highest BCUT2D eigenvalue weighted by Crippen LogP contribution is 2.31. The lowest BCUT2D eigenvalue weighted by atomic mass is 10.0. The average molecular weight is 540 g/mol. The molecule has 1 aromatic heterocycles. The highest BCUT2D eigenvalue weighted by atomic mass is 16.5. The summed E-state index contributed by atoms with van der Waals surface area (Å²) < 4.78 is 6.34. The molecule has 4 N–H and O–H groups in total. The number of benzene rings is 2. The number of para-hydroxylation sites is 2. The zero-order valence-electron chi connectivity index (χ0n) is 23.9. The molecule has 210 valence electrons. The average Bonchev–Trinajstić information content (AvgIpc) is 2.95. The Balaban J connectivity index is 1.64. The van der Waals surface area contributed by atoms with Crippen molar-refractivity contribution in [2.75, 3.05) is 55.8 Å². The molecule has 0 saturated carbocycles. The lowest BCUT2D eigenvalue weighted by Crippen LogP contribution is -2.33. The first-order valence-electron chi connectivity index (χ1n) is 13.9. The number of hydrogen-bond donors (Lipinski definition) is 3. The molecule has 0 aliphatic carbocycles. The van der Waals surface area contributed by atoms with Crippen molar-refractivity contribution in [3.05, 3.63) is 83.3 Å². The van der Waals surface area contributed by atoms with Gasteiger partial charge in [-0.3, -0.25) is 4.90 Å². The van der Waals surface area contributed by atoms with Crippen LogP contribution in [-0.2, 0) is 0 Å². The van der Waals surface area contributed by atoms with Crippen LogP contribution in [0.25, 0.3) is 12.2 Å². The molecule has 8 nitrogen and oxygen atoms in total. The first-order chi connectivity index (χ1) is 19.4. The van der Waals surface area contributed by atoms with Gasteiger partial charge in [0.05, 0.1) is 17.8 Å². The van der Waals surface area contributed by atoms with E-state index in [9.17, 15) is 0 Å². The van der Waals surface area contributed by atoms with Crippen LogP contribution in [-0.4, -0.2) is 60.4 Å². The van der Waals surface area contributed by atoms with E-state index in [2.05, 4.69) is 68.9 Å². The van der Waals surface area contributed by atoms with Gasteiger partial charge in [0, 0.05) is 25.0 Å². The van der Waals surface area contributed by atoms with Crippen molar-refractivity contribution in [2.45, 2.75) is 33.1 Å². The molecule has 40 heavy (non-hydrogen) atoms. The standard InChI is InChI=1S/C32H41N7O/c1-5-27-23(2)12-11-13-25(27)20-26(21-35-32-30(24(3)33)31(34)36-22-37-32)38(4)28-14-7-8-15-29(28)40-19-18-39-16-9-6-10-17-39/h5,7-8,11-15,20,22,33H,1,6,9-10,16-19,21H2,2-4H3,(H3,34,35,36,37)/b26-20-,33-24?. The highest BCUT2D eigenvalue weighted by molar-refractivity contribution is 6.04. The number of piperidine rings is 1. The number of likely N-dealkylation sites (N-methyl/N-ethyl adjacent to an activating group) is 1. The summed E-state index contributed by atoms with van der Waals surface area (Å²) in [5.74, 6) is 1.64. The Hall–Kier alpha value is -4.17. The second-order valence-electron chi connectivity index (χ2n) is 10.2. The van der Waals surface area contributed by atoms with Crippen LogP contribution in [0.1, 0.15) is 48.4 Å². The maximum atomic E-state index is 8.19. The van der Waals surface area contributed by atoms with Crippen molar-refractivity contribution in [1.29, 1.82) is 5.41 Å².